The Bertz CT molecular complexity index is 1200. The Balaban J connectivity index is 1.55. The van der Waals surface area contributed by atoms with Gasteiger partial charge in [-0.15, -0.1) is 0 Å². The van der Waals surface area contributed by atoms with E-state index < -0.39 is 24.4 Å². The third kappa shape index (κ3) is 6.61. The van der Waals surface area contributed by atoms with Crippen LogP contribution < -0.4 is 10.6 Å². The van der Waals surface area contributed by atoms with Crippen molar-refractivity contribution in [3.05, 3.63) is 82.6 Å². The van der Waals surface area contributed by atoms with Crippen molar-refractivity contribution in [3.63, 3.8) is 0 Å². The molecule has 0 aromatic heterocycles. The fourth-order valence-electron chi connectivity index (χ4n) is 2.99. The highest BCUT2D eigenvalue weighted by Crippen LogP contribution is 2.26. The molecule has 170 valence electrons. The fraction of sp³-hybridized carbons (Fsp3) is 0.125. The van der Waals surface area contributed by atoms with E-state index >= 15 is 0 Å². The Morgan fingerprint density at radius 1 is 0.879 bits per heavy atom. The first-order valence-electron chi connectivity index (χ1n) is 9.80. The molecule has 9 heteroatoms. The molecular formula is C24H20ClFN2O5. The minimum Gasteiger partial charge on any atom is -0.478 e. The summed E-state index contributed by atoms with van der Waals surface area (Å²) in [7, 11) is 0. The lowest BCUT2D eigenvalue weighted by Gasteiger charge is -2.12. The highest BCUT2D eigenvalue weighted by Gasteiger charge is 2.14. The predicted octanol–water partition coefficient (Wildman–Crippen LogP) is 4.75. The fourth-order valence-corrected chi connectivity index (χ4v) is 3.16. The second-order valence-electron chi connectivity index (χ2n) is 7.12. The van der Waals surface area contributed by atoms with Crippen LogP contribution in [0.4, 0.5) is 15.8 Å². The highest BCUT2D eigenvalue weighted by molar-refractivity contribution is 6.31. The summed E-state index contributed by atoms with van der Waals surface area (Å²) < 4.78 is 18.3. The summed E-state index contributed by atoms with van der Waals surface area (Å²) in [5.74, 6) is -2.68. The highest BCUT2D eigenvalue weighted by atomic mass is 35.5. The summed E-state index contributed by atoms with van der Waals surface area (Å²) in [4.78, 5) is 35.6. The molecule has 7 nitrogen and oxygen atoms in total. The largest absolute Gasteiger partial charge is 0.478 e. The molecule has 2 amide bonds. The van der Waals surface area contributed by atoms with Gasteiger partial charge >= 0.3 is 5.97 Å². The lowest BCUT2D eigenvalue weighted by Crippen LogP contribution is -2.24. The number of carbonyl (C=O) groups is 3. The maximum absolute atomic E-state index is 13.2. The number of ether oxygens (including phenoxy) is 1. The average molecular weight is 471 g/mol. The molecule has 0 saturated heterocycles. The van der Waals surface area contributed by atoms with Crippen LogP contribution in [0.2, 0.25) is 5.02 Å². The number of carboxylic acids is 1. The number of amides is 2. The lowest BCUT2D eigenvalue weighted by molar-refractivity contribution is -0.125. The molecule has 0 heterocycles. The van der Waals surface area contributed by atoms with E-state index in [1.54, 1.807) is 18.2 Å². The number of anilines is 2. The summed E-state index contributed by atoms with van der Waals surface area (Å²) in [5, 5.41) is 14.6. The van der Waals surface area contributed by atoms with Gasteiger partial charge in [-0.1, -0.05) is 35.9 Å². The number of rotatable bonds is 8. The van der Waals surface area contributed by atoms with E-state index in [9.17, 15) is 23.9 Å². The Hall–Kier alpha value is -3.75. The van der Waals surface area contributed by atoms with E-state index in [0.29, 0.717) is 5.69 Å². The van der Waals surface area contributed by atoms with Gasteiger partial charge in [0.25, 0.3) is 0 Å². The molecule has 0 aliphatic carbocycles. The van der Waals surface area contributed by atoms with Crippen molar-refractivity contribution in [2.75, 3.05) is 23.8 Å². The maximum Gasteiger partial charge on any atom is 0.337 e. The van der Waals surface area contributed by atoms with Gasteiger partial charge in [0.15, 0.2) is 0 Å². The molecule has 0 aliphatic heterocycles. The van der Waals surface area contributed by atoms with Crippen LogP contribution in [-0.2, 0) is 14.3 Å². The summed E-state index contributed by atoms with van der Waals surface area (Å²) in [6, 6.07) is 15.5. The number of hydrogen-bond acceptors (Lipinski definition) is 4. The topological polar surface area (TPSA) is 105 Å². The van der Waals surface area contributed by atoms with Crippen LogP contribution in [-0.4, -0.2) is 36.1 Å². The van der Waals surface area contributed by atoms with Crippen molar-refractivity contribution in [3.8, 4) is 11.1 Å². The van der Waals surface area contributed by atoms with E-state index in [-0.39, 0.29) is 28.7 Å². The molecular weight excluding hydrogens is 451 g/mol. The first kappa shape index (κ1) is 23.9. The Morgan fingerprint density at radius 2 is 1.48 bits per heavy atom. The van der Waals surface area contributed by atoms with Crippen molar-refractivity contribution in [2.45, 2.75) is 6.92 Å². The third-order valence-electron chi connectivity index (χ3n) is 4.64. The number of carbonyl (C=O) groups excluding carboxylic acids is 2. The molecule has 0 radical (unpaired) electrons. The van der Waals surface area contributed by atoms with E-state index in [2.05, 4.69) is 10.6 Å². The van der Waals surface area contributed by atoms with Gasteiger partial charge in [-0.05, 0) is 60.0 Å². The van der Waals surface area contributed by atoms with Crippen LogP contribution in [0.15, 0.2) is 60.7 Å². The number of benzene rings is 3. The number of carboxylic acid groups (broad SMARTS) is 1. The average Bonchev–Trinajstić information content (AvgIpc) is 2.77. The summed E-state index contributed by atoms with van der Waals surface area (Å²) in [6.45, 7) is 0.980. The molecule has 0 unspecified atom stereocenters. The van der Waals surface area contributed by atoms with Gasteiger partial charge < -0.3 is 20.5 Å². The molecule has 0 spiro atoms. The number of nitrogens with one attached hydrogen (secondary N) is 2. The van der Waals surface area contributed by atoms with Gasteiger partial charge in [-0.25, -0.2) is 9.18 Å². The molecule has 0 fully saturated rings. The zero-order valence-electron chi connectivity index (χ0n) is 17.5. The monoisotopic (exact) mass is 470 g/mol. The van der Waals surface area contributed by atoms with Gasteiger partial charge in [0.05, 0.1) is 11.3 Å². The van der Waals surface area contributed by atoms with Crippen molar-refractivity contribution in [1.82, 2.24) is 0 Å². The van der Waals surface area contributed by atoms with Gasteiger partial charge in [-0.2, -0.15) is 0 Å². The van der Waals surface area contributed by atoms with Gasteiger partial charge in [0.2, 0.25) is 11.8 Å². The Kier molecular flexibility index (Phi) is 7.76. The van der Waals surface area contributed by atoms with Crippen LogP contribution >= 0.6 is 11.6 Å². The molecule has 0 aliphatic rings. The predicted molar refractivity (Wildman–Crippen MR) is 123 cm³/mol. The third-order valence-corrected chi connectivity index (χ3v) is 4.88. The van der Waals surface area contributed by atoms with Crippen LogP contribution in [0.25, 0.3) is 11.1 Å². The number of aryl methyl sites for hydroxylation is 1. The SMILES string of the molecule is Cc1ccc(-c2ccc(F)cc2)cc1NC(=O)COCC(=O)Nc1ccc(Cl)cc1C(=O)O. The van der Waals surface area contributed by atoms with E-state index in [0.717, 1.165) is 16.7 Å². The number of aromatic carboxylic acids is 1. The standard InChI is InChI=1S/C24H20ClFN2O5/c1-14-2-3-16(15-4-7-18(26)8-5-15)10-21(14)28-23(30)13-33-12-22(29)27-20-9-6-17(25)11-19(20)24(31)32/h2-11H,12-13H2,1H3,(H,27,29)(H,28,30)(H,31,32). The molecule has 0 saturated carbocycles. The van der Waals surface area contributed by atoms with Crippen LogP contribution in [0.3, 0.4) is 0 Å². The smallest absolute Gasteiger partial charge is 0.337 e. The van der Waals surface area contributed by atoms with Gasteiger partial charge in [-0.3, -0.25) is 9.59 Å². The first-order chi connectivity index (χ1) is 15.7. The number of halogens is 2. The van der Waals surface area contributed by atoms with E-state index in [1.165, 1.54) is 30.3 Å². The second kappa shape index (κ2) is 10.7. The lowest BCUT2D eigenvalue weighted by atomic mass is 10.0. The van der Waals surface area contributed by atoms with Crippen LogP contribution in [0, 0.1) is 12.7 Å². The summed E-state index contributed by atoms with van der Waals surface area (Å²) >= 11 is 5.78. The van der Waals surface area contributed by atoms with Gasteiger partial charge in [0.1, 0.15) is 19.0 Å². The normalized spacial score (nSPS) is 10.5. The van der Waals surface area contributed by atoms with Crippen LogP contribution in [0.1, 0.15) is 15.9 Å². The number of hydrogen-bond donors (Lipinski definition) is 3. The Morgan fingerprint density at radius 3 is 2.12 bits per heavy atom. The first-order valence-corrected chi connectivity index (χ1v) is 10.2. The van der Waals surface area contributed by atoms with Crippen molar-refractivity contribution in [1.29, 1.82) is 0 Å². The van der Waals surface area contributed by atoms with E-state index in [1.807, 2.05) is 19.1 Å². The molecule has 33 heavy (non-hydrogen) atoms. The second-order valence-corrected chi connectivity index (χ2v) is 7.56. The zero-order valence-corrected chi connectivity index (χ0v) is 18.3. The van der Waals surface area contributed by atoms with Crippen molar-refractivity contribution < 1.29 is 28.6 Å². The molecule has 3 aromatic carbocycles. The summed E-state index contributed by atoms with van der Waals surface area (Å²) in [5.41, 5.74) is 2.87. The quantitative estimate of drug-likeness (QED) is 0.441. The van der Waals surface area contributed by atoms with Crippen molar-refractivity contribution >= 4 is 40.8 Å². The maximum atomic E-state index is 13.2. The van der Waals surface area contributed by atoms with Crippen LogP contribution in [0.5, 0.6) is 0 Å². The molecule has 3 rings (SSSR count). The van der Waals surface area contributed by atoms with E-state index in [4.69, 9.17) is 16.3 Å². The van der Waals surface area contributed by atoms with Crippen molar-refractivity contribution in [2.24, 2.45) is 0 Å². The minimum absolute atomic E-state index is 0.0678. The zero-order chi connectivity index (χ0) is 24.0. The van der Waals surface area contributed by atoms with Gasteiger partial charge in [0, 0.05) is 10.7 Å². The minimum atomic E-state index is -1.24. The Labute approximate surface area is 194 Å². The molecule has 0 bridgehead atoms. The molecule has 3 aromatic rings. The summed E-state index contributed by atoms with van der Waals surface area (Å²) in [6.07, 6.45) is 0. The molecule has 0 atom stereocenters. The molecule has 3 N–H and O–H groups in total.